The van der Waals surface area contributed by atoms with Gasteiger partial charge in [0, 0.05) is 0 Å². The Labute approximate surface area is 188 Å². The fraction of sp³-hybridized carbons (Fsp3) is 0.696. The summed E-state index contributed by atoms with van der Waals surface area (Å²) < 4.78 is 5.57. The molecule has 164 valence electrons. The van der Waals surface area contributed by atoms with Gasteiger partial charge in [-0.1, -0.05) is 18.2 Å². The third-order valence-corrected chi connectivity index (χ3v) is 7.01. The van der Waals surface area contributed by atoms with Crippen molar-refractivity contribution < 1.29 is 9.53 Å². The largest absolute Gasteiger partial charge is 0.425 e. The van der Waals surface area contributed by atoms with Crippen LogP contribution >= 0.6 is 24.8 Å². The molecule has 4 fully saturated rings. The van der Waals surface area contributed by atoms with E-state index in [4.69, 9.17) is 4.74 Å². The maximum atomic E-state index is 12.0. The first kappa shape index (κ1) is 24.5. The third kappa shape index (κ3) is 6.10. The normalized spacial score (nSPS) is 29.3. The second kappa shape index (κ2) is 11.0. The third-order valence-electron chi connectivity index (χ3n) is 7.01. The van der Waals surface area contributed by atoms with E-state index in [1.165, 1.54) is 32.1 Å². The van der Waals surface area contributed by atoms with Crippen LogP contribution in [-0.4, -0.2) is 44.6 Å². The molecule has 1 aromatic rings. The summed E-state index contributed by atoms with van der Waals surface area (Å²) in [5, 5.41) is 3.73. The van der Waals surface area contributed by atoms with Gasteiger partial charge in [-0.05, 0) is 107 Å². The highest BCUT2D eigenvalue weighted by Gasteiger charge is 2.47. The van der Waals surface area contributed by atoms with Crippen LogP contribution in [0.25, 0.3) is 0 Å². The van der Waals surface area contributed by atoms with Crippen LogP contribution in [0.2, 0.25) is 0 Å². The van der Waals surface area contributed by atoms with Crippen LogP contribution in [-0.2, 0) is 11.2 Å². The maximum Gasteiger partial charge on any atom is 0.325 e. The zero-order chi connectivity index (χ0) is 18.8. The Morgan fingerprint density at radius 2 is 1.66 bits per heavy atom. The number of hydrogen-bond donors (Lipinski definition) is 1. The predicted octanol–water partition coefficient (Wildman–Crippen LogP) is 4.20. The molecule has 0 unspecified atom stereocenters. The SMILES string of the molecule is CN(C)CC(=O)Oc1ccccc1CCNCC1C2CC3CC(C2)CC1C3.Cl.Cl. The molecule has 4 nitrogen and oxygen atoms in total. The fourth-order valence-electron chi connectivity index (χ4n) is 6.09. The minimum Gasteiger partial charge on any atom is -0.425 e. The van der Waals surface area contributed by atoms with E-state index >= 15 is 0 Å². The minimum absolute atomic E-state index is 0. The molecule has 0 spiro atoms. The van der Waals surface area contributed by atoms with Crippen molar-refractivity contribution in [1.29, 1.82) is 0 Å². The van der Waals surface area contributed by atoms with Gasteiger partial charge in [0.2, 0.25) is 0 Å². The standard InChI is InChI=1S/C23H34N2O2.2ClH/c1-25(2)15-23(26)27-22-6-4-3-5-18(22)7-8-24-14-21-19-10-16-9-17(12-19)13-20(21)11-16;;/h3-6,16-17,19-21,24H,7-15H2,1-2H3;2*1H. The lowest BCUT2D eigenvalue weighted by molar-refractivity contribution is -0.135. The highest BCUT2D eigenvalue weighted by atomic mass is 35.5. The molecule has 0 atom stereocenters. The summed E-state index contributed by atoms with van der Waals surface area (Å²) in [5.41, 5.74) is 1.11. The lowest BCUT2D eigenvalue weighted by atomic mass is 9.52. The van der Waals surface area contributed by atoms with Gasteiger partial charge in [0.15, 0.2) is 0 Å². The van der Waals surface area contributed by atoms with Crippen molar-refractivity contribution in [3.63, 3.8) is 0 Å². The second-order valence-corrected chi connectivity index (χ2v) is 9.37. The van der Waals surface area contributed by atoms with E-state index < -0.39 is 0 Å². The van der Waals surface area contributed by atoms with Gasteiger partial charge in [-0.15, -0.1) is 24.8 Å². The molecule has 0 aromatic heterocycles. The average Bonchev–Trinajstić information content (AvgIpc) is 2.60. The van der Waals surface area contributed by atoms with Crippen LogP contribution in [0.3, 0.4) is 0 Å². The summed E-state index contributed by atoms with van der Waals surface area (Å²) in [7, 11) is 3.75. The number of nitrogens with one attached hydrogen (secondary N) is 1. The Kier molecular flexibility index (Phi) is 9.27. The van der Waals surface area contributed by atoms with Crippen molar-refractivity contribution in [3.05, 3.63) is 29.8 Å². The van der Waals surface area contributed by atoms with Gasteiger partial charge < -0.3 is 10.1 Å². The Hall–Kier alpha value is -0.810. The van der Waals surface area contributed by atoms with E-state index in [1.807, 2.05) is 37.2 Å². The van der Waals surface area contributed by atoms with Crippen molar-refractivity contribution in [2.45, 2.75) is 38.5 Å². The minimum atomic E-state index is -0.200. The van der Waals surface area contributed by atoms with E-state index in [1.54, 1.807) is 0 Å². The Balaban J connectivity index is 0.00000150. The van der Waals surface area contributed by atoms with Crippen molar-refractivity contribution in [2.24, 2.45) is 29.6 Å². The average molecular weight is 443 g/mol. The molecule has 0 amide bonds. The molecule has 0 radical (unpaired) electrons. The number of hydrogen-bond acceptors (Lipinski definition) is 4. The van der Waals surface area contributed by atoms with E-state index in [0.29, 0.717) is 12.3 Å². The topological polar surface area (TPSA) is 41.6 Å². The van der Waals surface area contributed by atoms with Gasteiger partial charge in [0.1, 0.15) is 5.75 Å². The molecule has 4 aliphatic rings. The fourth-order valence-corrected chi connectivity index (χ4v) is 6.09. The summed E-state index contributed by atoms with van der Waals surface area (Å²) in [6, 6.07) is 7.93. The van der Waals surface area contributed by atoms with E-state index in [0.717, 1.165) is 54.7 Å². The zero-order valence-electron chi connectivity index (χ0n) is 17.6. The smallest absolute Gasteiger partial charge is 0.325 e. The molecule has 0 heterocycles. The lowest BCUT2D eigenvalue weighted by Crippen LogP contribution is -2.48. The molecule has 5 rings (SSSR count). The van der Waals surface area contributed by atoms with E-state index in [2.05, 4.69) is 11.4 Å². The van der Waals surface area contributed by atoms with Crippen LogP contribution < -0.4 is 10.1 Å². The highest BCUT2D eigenvalue weighted by molar-refractivity contribution is 5.85. The van der Waals surface area contributed by atoms with Crippen LogP contribution in [0.4, 0.5) is 0 Å². The number of ether oxygens (including phenoxy) is 1. The summed E-state index contributed by atoms with van der Waals surface area (Å²) in [5.74, 6) is 5.46. The Morgan fingerprint density at radius 1 is 1.03 bits per heavy atom. The van der Waals surface area contributed by atoms with Gasteiger partial charge in [-0.2, -0.15) is 0 Å². The van der Waals surface area contributed by atoms with Gasteiger partial charge >= 0.3 is 5.97 Å². The summed E-state index contributed by atoms with van der Waals surface area (Å²) in [6.07, 6.45) is 8.39. The lowest BCUT2D eigenvalue weighted by Gasteiger charge is -2.54. The number of carbonyl (C=O) groups is 1. The quantitative estimate of drug-likeness (QED) is 0.372. The van der Waals surface area contributed by atoms with Gasteiger partial charge in [-0.3, -0.25) is 9.69 Å². The van der Waals surface area contributed by atoms with Crippen LogP contribution in [0.15, 0.2) is 24.3 Å². The number of esters is 1. The molecule has 4 aliphatic carbocycles. The molecular formula is C23H36Cl2N2O2. The van der Waals surface area contributed by atoms with Crippen molar-refractivity contribution >= 4 is 30.8 Å². The van der Waals surface area contributed by atoms with Gasteiger partial charge in [-0.25, -0.2) is 0 Å². The Bertz CT molecular complexity index is 640. The second-order valence-electron chi connectivity index (χ2n) is 9.37. The first-order chi connectivity index (χ1) is 13.1. The van der Waals surface area contributed by atoms with Gasteiger partial charge in [0.05, 0.1) is 6.54 Å². The molecular weight excluding hydrogens is 407 g/mol. The molecule has 6 heteroatoms. The molecule has 1 N–H and O–H groups in total. The number of rotatable bonds is 8. The maximum absolute atomic E-state index is 12.0. The van der Waals surface area contributed by atoms with Crippen molar-refractivity contribution in [3.8, 4) is 5.75 Å². The molecule has 29 heavy (non-hydrogen) atoms. The first-order valence-corrected chi connectivity index (χ1v) is 10.7. The number of benzene rings is 1. The number of halogens is 2. The molecule has 4 saturated carbocycles. The molecule has 0 aliphatic heterocycles. The van der Waals surface area contributed by atoms with Crippen LogP contribution in [0.5, 0.6) is 5.75 Å². The predicted molar refractivity (Wildman–Crippen MR) is 122 cm³/mol. The first-order valence-electron chi connectivity index (χ1n) is 10.7. The van der Waals surface area contributed by atoms with Gasteiger partial charge in [0.25, 0.3) is 0 Å². The van der Waals surface area contributed by atoms with Crippen LogP contribution in [0.1, 0.15) is 37.7 Å². The Morgan fingerprint density at radius 3 is 2.28 bits per heavy atom. The van der Waals surface area contributed by atoms with Crippen LogP contribution in [0, 0.1) is 29.6 Å². The molecule has 0 saturated heterocycles. The molecule has 1 aromatic carbocycles. The summed E-state index contributed by atoms with van der Waals surface area (Å²) >= 11 is 0. The van der Waals surface area contributed by atoms with E-state index in [9.17, 15) is 4.79 Å². The number of carbonyl (C=O) groups excluding carboxylic acids is 1. The number of likely N-dealkylation sites (N-methyl/N-ethyl adjacent to an activating group) is 1. The number of nitrogens with zero attached hydrogens (tertiary/aromatic N) is 1. The highest BCUT2D eigenvalue weighted by Crippen LogP contribution is 2.56. The molecule has 4 bridgehead atoms. The number of para-hydroxylation sites is 1. The summed E-state index contributed by atoms with van der Waals surface area (Å²) in [6.45, 7) is 2.42. The van der Waals surface area contributed by atoms with Crippen molar-refractivity contribution in [2.75, 3.05) is 33.7 Å². The van der Waals surface area contributed by atoms with E-state index in [-0.39, 0.29) is 30.8 Å². The van der Waals surface area contributed by atoms with Crippen molar-refractivity contribution in [1.82, 2.24) is 10.2 Å². The monoisotopic (exact) mass is 442 g/mol. The zero-order valence-corrected chi connectivity index (χ0v) is 19.3. The summed E-state index contributed by atoms with van der Waals surface area (Å²) in [4.78, 5) is 13.8.